The maximum absolute atomic E-state index is 13.3. The summed E-state index contributed by atoms with van der Waals surface area (Å²) in [6, 6.07) is 10.4. The van der Waals surface area contributed by atoms with Gasteiger partial charge in [0.05, 0.1) is 0 Å². The van der Waals surface area contributed by atoms with E-state index in [1.807, 2.05) is 32.0 Å². The quantitative estimate of drug-likeness (QED) is 0.740. The molecule has 0 aliphatic carbocycles. The highest BCUT2D eigenvalue weighted by atomic mass is 19.2. The summed E-state index contributed by atoms with van der Waals surface area (Å²) in [5.74, 6) is -1.69. The van der Waals surface area contributed by atoms with E-state index in [1.54, 1.807) is 0 Å². The Hall–Kier alpha value is -3.22. The van der Waals surface area contributed by atoms with E-state index in [1.165, 1.54) is 12.1 Å². The number of aryl methyl sites for hydroxylation is 2. The van der Waals surface area contributed by atoms with Crippen LogP contribution in [0.2, 0.25) is 0 Å². The third-order valence-electron chi connectivity index (χ3n) is 3.55. The highest BCUT2D eigenvalue weighted by molar-refractivity contribution is 5.91. The smallest absolute Gasteiger partial charge is 0.264 e. The van der Waals surface area contributed by atoms with Crippen molar-refractivity contribution in [2.45, 2.75) is 13.8 Å². The number of amides is 1. The lowest BCUT2D eigenvalue weighted by Crippen LogP contribution is -2.19. The molecule has 26 heavy (non-hydrogen) atoms. The highest BCUT2D eigenvalue weighted by Crippen LogP contribution is 2.23. The van der Waals surface area contributed by atoms with E-state index in [2.05, 4.69) is 10.5 Å². The maximum Gasteiger partial charge on any atom is 0.264 e. The van der Waals surface area contributed by atoms with Crippen LogP contribution in [-0.2, 0) is 4.79 Å². The van der Waals surface area contributed by atoms with Crippen LogP contribution >= 0.6 is 0 Å². The molecule has 134 valence electrons. The Kier molecular flexibility index (Phi) is 4.97. The summed E-state index contributed by atoms with van der Waals surface area (Å²) < 4.78 is 36.7. The average molecular weight is 358 g/mol. The molecule has 0 fully saturated rings. The minimum absolute atomic E-state index is 0.0822. The van der Waals surface area contributed by atoms with Gasteiger partial charge in [-0.25, -0.2) is 8.78 Å². The molecule has 0 unspecified atom stereocenters. The first-order chi connectivity index (χ1) is 12.4. The molecule has 3 rings (SSSR count). The van der Waals surface area contributed by atoms with Crippen molar-refractivity contribution in [3.8, 4) is 17.0 Å². The van der Waals surface area contributed by atoms with Crippen LogP contribution in [0.1, 0.15) is 11.1 Å². The molecule has 1 aromatic heterocycles. The summed E-state index contributed by atoms with van der Waals surface area (Å²) in [7, 11) is 0. The SMILES string of the molecule is Cc1cc(C)cc(OCC(=O)Nc2cc(-c3ccc(F)c(F)c3)no2)c1. The molecule has 3 aromatic rings. The molecule has 2 aromatic carbocycles. The van der Waals surface area contributed by atoms with E-state index >= 15 is 0 Å². The lowest BCUT2D eigenvalue weighted by molar-refractivity contribution is -0.118. The lowest BCUT2D eigenvalue weighted by atomic mass is 10.1. The van der Waals surface area contributed by atoms with Crippen LogP contribution in [0.15, 0.2) is 47.0 Å². The molecule has 0 aliphatic heterocycles. The molecule has 0 saturated carbocycles. The van der Waals surface area contributed by atoms with Gasteiger partial charge in [0, 0.05) is 11.6 Å². The van der Waals surface area contributed by atoms with E-state index in [9.17, 15) is 13.6 Å². The van der Waals surface area contributed by atoms with Gasteiger partial charge in [0.25, 0.3) is 5.91 Å². The van der Waals surface area contributed by atoms with Gasteiger partial charge in [0.2, 0.25) is 5.88 Å². The number of hydrogen-bond donors (Lipinski definition) is 1. The zero-order valence-corrected chi connectivity index (χ0v) is 14.2. The molecule has 0 atom stereocenters. The molecule has 5 nitrogen and oxygen atoms in total. The Morgan fingerprint density at radius 2 is 1.81 bits per heavy atom. The topological polar surface area (TPSA) is 64.4 Å². The predicted octanol–water partition coefficient (Wildman–Crippen LogP) is 4.25. The molecule has 7 heteroatoms. The Bertz CT molecular complexity index is 933. The molecule has 1 heterocycles. The number of nitrogens with zero attached hydrogens (tertiary/aromatic N) is 1. The molecular weight excluding hydrogens is 342 g/mol. The number of anilines is 1. The number of nitrogens with one attached hydrogen (secondary N) is 1. The summed E-state index contributed by atoms with van der Waals surface area (Å²) in [5.41, 5.74) is 2.67. The Labute approximate surface area is 148 Å². The van der Waals surface area contributed by atoms with Crippen LogP contribution in [0.3, 0.4) is 0 Å². The van der Waals surface area contributed by atoms with Crippen molar-refractivity contribution in [3.63, 3.8) is 0 Å². The molecule has 1 N–H and O–H groups in total. The first-order valence-electron chi connectivity index (χ1n) is 7.84. The standard InChI is InChI=1S/C19H16F2N2O3/c1-11-5-12(2)7-14(6-11)25-10-18(24)22-19-9-17(23-26-19)13-3-4-15(20)16(21)8-13/h3-9H,10H2,1-2H3,(H,22,24). The van der Waals surface area contributed by atoms with E-state index in [0.29, 0.717) is 11.3 Å². The number of ether oxygens (including phenoxy) is 1. The van der Waals surface area contributed by atoms with Crippen molar-refractivity contribution in [1.82, 2.24) is 5.16 Å². The van der Waals surface area contributed by atoms with Gasteiger partial charge in [-0.1, -0.05) is 11.2 Å². The zero-order chi connectivity index (χ0) is 18.7. The Balaban J connectivity index is 1.61. The van der Waals surface area contributed by atoms with E-state index in [-0.39, 0.29) is 18.2 Å². The summed E-state index contributed by atoms with van der Waals surface area (Å²) in [4.78, 5) is 12.0. The van der Waals surface area contributed by atoms with Crippen molar-refractivity contribution >= 4 is 11.8 Å². The first-order valence-corrected chi connectivity index (χ1v) is 7.84. The molecule has 0 aliphatic rings. The van der Waals surface area contributed by atoms with Gasteiger partial charge >= 0.3 is 0 Å². The monoisotopic (exact) mass is 358 g/mol. The van der Waals surface area contributed by atoms with Crippen LogP contribution in [0.5, 0.6) is 5.75 Å². The maximum atomic E-state index is 13.3. The average Bonchev–Trinajstić information content (AvgIpc) is 3.03. The number of halogens is 2. The number of carbonyl (C=O) groups is 1. The molecule has 0 bridgehead atoms. The number of hydrogen-bond acceptors (Lipinski definition) is 4. The second-order valence-corrected chi connectivity index (χ2v) is 5.87. The van der Waals surface area contributed by atoms with Gasteiger partial charge in [0.1, 0.15) is 11.4 Å². The van der Waals surface area contributed by atoms with Crippen molar-refractivity contribution in [2.75, 3.05) is 11.9 Å². The number of benzene rings is 2. The fourth-order valence-electron chi connectivity index (χ4n) is 2.46. The zero-order valence-electron chi connectivity index (χ0n) is 14.2. The molecule has 1 amide bonds. The summed E-state index contributed by atoms with van der Waals surface area (Å²) in [6.45, 7) is 3.67. The third-order valence-corrected chi connectivity index (χ3v) is 3.55. The minimum Gasteiger partial charge on any atom is -0.484 e. The predicted molar refractivity (Wildman–Crippen MR) is 91.9 cm³/mol. The van der Waals surface area contributed by atoms with Crippen LogP contribution in [0, 0.1) is 25.5 Å². The van der Waals surface area contributed by atoms with E-state index in [0.717, 1.165) is 23.3 Å². The summed E-state index contributed by atoms with van der Waals surface area (Å²) in [5, 5.41) is 6.23. The second kappa shape index (κ2) is 7.35. The fraction of sp³-hybridized carbons (Fsp3) is 0.158. The van der Waals surface area contributed by atoms with Gasteiger partial charge in [-0.2, -0.15) is 0 Å². The van der Waals surface area contributed by atoms with Crippen molar-refractivity contribution in [3.05, 3.63) is 65.2 Å². The van der Waals surface area contributed by atoms with Gasteiger partial charge in [-0.3, -0.25) is 10.1 Å². The Morgan fingerprint density at radius 1 is 1.08 bits per heavy atom. The minimum atomic E-state index is -0.988. The molecule has 0 spiro atoms. The molecule has 0 radical (unpaired) electrons. The fourth-order valence-corrected chi connectivity index (χ4v) is 2.46. The van der Waals surface area contributed by atoms with Crippen molar-refractivity contribution in [1.29, 1.82) is 0 Å². The lowest BCUT2D eigenvalue weighted by Gasteiger charge is -2.07. The molecular formula is C19H16F2N2O3. The second-order valence-electron chi connectivity index (χ2n) is 5.87. The molecule has 0 saturated heterocycles. The van der Waals surface area contributed by atoms with Crippen molar-refractivity contribution in [2.24, 2.45) is 0 Å². The van der Waals surface area contributed by atoms with Crippen molar-refractivity contribution < 1.29 is 22.8 Å². The van der Waals surface area contributed by atoms with Gasteiger partial charge in [-0.05, 0) is 55.3 Å². The number of rotatable bonds is 5. The first kappa shape index (κ1) is 17.6. The summed E-state index contributed by atoms with van der Waals surface area (Å²) in [6.07, 6.45) is 0. The van der Waals surface area contributed by atoms with Crippen LogP contribution < -0.4 is 10.1 Å². The van der Waals surface area contributed by atoms with Gasteiger partial charge in [-0.15, -0.1) is 0 Å². The van der Waals surface area contributed by atoms with Gasteiger partial charge < -0.3 is 9.26 Å². The summed E-state index contributed by atoms with van der Waals surface area (Å²) >= 11 is 0. The number of aromatic nitrogens is 1. The van der Waals surface area contributed by atoms with E-state index in [4.69, 9.17) is 9.26 Å². The van der Waals surface area contributed by atoms with E-state index < -0.39 is 17.5 Å². The van der Waals surface area contributed by atoms with Crippen LogP contribution in [0.25, 0.3) is 11.3 Å². The van der Waals surface area contributed by atoms with Gasteiger partial charge in [0.15, 0.2) is 18.2 Å². The normalized spacial score (nSPS) is 10.6. The highest BCUT2D eigenvalue weighted by Gasteiger charge is 2.12. The van der Waals surface area contributed by atoms with Crippen LogP contribution in [-0.4, -0.2) is 17.7 Å². The Morgan fingerprint density at radius 3 is 2.50 bits per heavy atom. The van der Waals surface area contributed by atoms with Crippen LogP contribution in [0.4, 0.5) is 14.7 Å². The number of carbonyl (C=O) groups excluding carboxylic acids is 1. The largest absolute Gasteiger partial charge is 0.484 e. The third kappa shape index (κ3) is 4.24.